The van der Waals surface area contributed by atoms with Gasteiger partial charge in [-0.05, 0) is 36.5 Å². The van der Waals surface area contributed by atoms with Crippen molar-refractivity contribution in [3.63, 3.8) is 0 Å². The van der Waals surface area contributed by atoms with Crippen LogP contribution in [0.4, 0.5) is 5.69 Å². The van der Waals surface area contributed by atoms with E-state index in [1.54, 1.807) is 0 Å². The monoisotopic (exact) mass is 234 g/mol. The van der Waals surface area contributed by atoms with Gasteiger partial charge in [-0.3, -0.25) is 0 Å². The molecular formula is C14H22N2O. The molecule has 3 nitrogen and oxygen atoms in total. The van der Waals surface area contributed by atoms with E-state index in [1.807, 2.05) is 0 Å². The molecule has 94 valence electrons. The molecule has 0 aromatic heterocycles. The van der Waals surface area contributed by atoms with E-state index < -0.39 is 0 Å². The van der Waals surface area contributed by atoms with Crippen molar-refractivity contribution < 1.29 is 4.74 Å². The maximum atomic E-state index is 5.66. The number of nitrogens with zero attached hydrogens (tertiary/aromatic N) is 1. The fraction of sp³-hybridized carbons (Fsp3) is 0.571. The summed E-state index contributed by atoms with van der Waals surface area (Å²) in [6.07, 6.45) is 2.47. The maximum absolute atomic E-state index is 5.66. The molecule has 1 aliphatic heterocycles. The minimum Gasteiger partial charge on any atom is -0.381 e. The summed E-state index contributed by atoms with van der Waals surface area (Å²) in [5.41, 5.74) is 8.10. The molecule has 0 radical (unpaired) electrons. The summed E-state index contributed by atoms with van der Waals surface area (Å²) in [5, 5.41) is 0. The van der Waals surface area contributed by atoms with Gasteiger partial charge in [-0.2, -0.15) is 0 Å². The predicted octanol–water partition coefficient (Wildman–Crippen LogP) is 2.01. The molecule has 0 aliphatic carbocycles. The Morgan fingerprint density at radius 1 is 1.47 bits per heavy atom. The van der Waals surface area contributed by atoms with Crippen LogP contribution in [0.2, 0.25) is 0 Å². The first-order chi connectivity index (χ1) is 8.29. The summed E-state index contributed by atoms with van der Waals surface area (Å²) in [7, 11) is 2.14. The van der Waals surface area contributed by atoms with E-state index >= 15 is 0 Å². The number of hydrogen-bond acceptors (Lipinski definition) is 3. The first-order valence-electron chi connectivity index (χ1n) is 6.37. The van der Waals surface area contributed by atoms with Gasteiger partial charge in [0.2, 0.25) is 0 Å². The van der Waals surface area contributed by atoms with E-state index in [9.17, 15) is 0 Å². The lowest BCUT2D eigenvalue weighted by atomic mass is 10.0. The molecule has 1 aromatic carbocycles. The first-order valence-corrected chi connectivity index (χ1v) is 6.37. The molecule has 1 heterocycles. The zero-order chi connectivity index (χ0) is 12.1. The van der Waals surface area contributed by atoms with E-state index in [0.29, 0.717) is 12.5 Å². The Balaban J connectivity index is 1.95. The van der Waals surface area contributed by atoms with Gasteiger partial charge in [0, 0.05) is 32.4 Å². The summed E-state index contributed by atoms with van der Waals surface area (Å²) >= 11 is 0. The Kier molecular flexibility index (Phi) is 4.40. The molecule has 17 heavy (non-hydrogen) atoms. The Morgan fingerprint density at radius 2 is 2.35 bits per heavy atom. The van der Waals surface area contributed by atoms with Gasteiger partial charge in [-0.1, -0.05) is 12.1 Å². The number of rotatable bonds is 4. The smallest absolute Gasteiger partial charge is 0.0511 e. The van der Waals surface area contributed by atoms with Gasteiger partial charge < -0.3 is 15.4 Å². The molecule has 2 N–H and O–H groups in total. The lowest BCUT2D eigenvalue weighted by Gasteiger charge is -2.28. The molecule has 1 aromatic rings. The second-order valence-corrected chi connectivity index (χ2v) is 4.84. The van der Waals surface area contributed by atoms with Crippen LogP contribution in [0.15, 0.2) is 24.3 Å². The fourth-order valence-corrected chi connectivity index (χ4v) is 2.36. The van der Waals surface area contributed by atoms with Crippen molar-refractivity contribution in [3.05, 3.63) is 29.8 Å². The summed E-state index contributed by atoms with van der Waals surface area (Å²) in [5.74, 6) is 0.662. The Hall–Kier alpha value is -1.06. The minimum absolute atomic E-state index is 0.605. The molecular weight excluding hydrogens is 212 g/mol. The number of benzene rings is 1. The summed E-state index contributed by atoms with van der Waals surface area (Å²) < 4.78 is 5.52. The third kappa shape index (κ3) is 3.45. The standard InChI is InChI=1S/C14H22N2O/c1-16(10-13-5-3-7-17-11-13)14-6-2-4-12(8-14)9-15/h2,4,6,8,13H,3,5,7,9-11,15H2,1H3. The van der Waals surface area contributed by atoms with Crippen molar-refractivity contribution in [1.29, 1.82) is 0 Å². The molecule has 0 spiro atoms. The molecule has 0 amide bonds. The molecule has 0 bridgehead atoms. The topological polar surface area (TPSA) is 38.5 Å². The highest BCUT2D eigenvalue weighted by Crippen LogP contribution is 2.19. The van der Waals surface area contributed by atoms with E-state index in [-0.39, 0.29) is 0 Å². The van der Waals surface area contributed by atoms with Crippen molar-refractivity contribution in [3.8, 4) is 0 Å². The Morgan fingerprint density at radius 3 is 3.06 bits per heavy atom. The van der Waals surface area contributed by atoms with Crippen molar-refractivity contribution in [2.45, 2.75) is 19.4 Å². The number of anilines is 1. The molecule has 1 aliphatic rings. The lowest BCUT2D eigenvalue weighted by molar-refractivity contribution is 0.0576. The Labute approximate surface area is 104 Å². The molecule has 1 saturated heterocycles. The fourth-order valence-electron chi connectivity index (χ4n) is 2.36. The van der Waals surface area contributed by atoms with E-state index in [0.717, 1.165) is 19.8 Å². The van der Waals surface area contributed by atoms with Crippen LogP contribution >= 0.6 is 0 Å². The van der Waals surface area contributed by atoms with Crippen LogP contribution in [-0.4, -0.2) is 26.8 Å². The normalized spacial score (nSPS) is 20.2. The second-order valence-electron chi connectivity index (χ2n) is 4.84. The highest BCUT2D eigenvalue weighted by molar-refractivity contribution is 5.47. The van der Waals surface area contributed by atoms with Crippen LogP contribution in [0.3, 0.4) is 0 Å². The van der Waals surface area contributed by atoms with Gasteiger partial charge >= 0.3 is 0 Å². The van der Waals surface area contributed by atoms with E-state index in [1.165, 1.54) is 24.1 Å². The van der Waals surface area contributed by atoms with E-state index in [4.69, 9.17) is 10.5 Å². The lowest BCUT2D eigenvalue weighted by Crippen LogP contribution is -2.30. The predicted molar refractivity (Wildman–Crippen MR) is 71.1 cm³/mol. The van der Waals surface area contributed by atoms with Crippen LogP contribution in [-0.2, 0) is 11.3 Å². The Bertz CT molecular complexity index is 348. The third-order valence-corrected chi connectivity index (χ3v) is 3.37. The minimum atomic E-state index is 0.605. The molecule has 3 heteroatoms. The van der Waals surface area contributed by atoms with E-state index in [2.05, 4.69) is 36.2 Å². The van der Waals surface area contributed by atoms with Crippen LogP contribution in [0.25, 0.3) is 0 Å². The average molecular weight is 234 g/mol. The SMILES string of the molecule is CN(CC1CCCOC1)c1cccc(CN)c1. The van der Waals surface area contributed by atoms with Gasteiger partial charge in [-0.15, -0.1) is 0 Å². The summed E-state index contributed by atoms with van der Waals surface area (Å²) in [6.45, 7) is 3.51. The van der Waals surface area contributed by atoms with Gasteiger partial charge in [0.25, 0.3) is 0 Å². The van der Waals surface area contributed by atoms with Crippen LogP contribution in [0, 0.1) is 5.92 Å². The van der Waals surface area contributed by atoms with Crippen molar-refractivity contribution >= 4 is 5.69 Å². The van der Waals surface area contributed by atoms with Crippen LogP contribution < -0.4 is 10.6 Å². The third-order valence-electron chi connectivity index (χ3n) is 3.37. The molecule has 1 fully saturated rings. The number of hydrogen-bond donors (Lipinski definition) is 1. The van der Waals surface area contributed by atoms with Crippen LogP contribution in [0.1, 0.15) is 18.4 Å². The van der Waals surface area contributed by atoms with Gasteiger partial charge in [-0.25, -0.2) is 0 Å². The average Bonchev–Trinajstić information content (AvgIpc) is 2.40. The quantitative estimate of drug-likeness (QED) is 0.866. The van der Waals surface area contributed by atoms with Crippen LogP contribution in [0.5, 0.6) is 0 Å². The zero-order valence-electron chi connectivity index (χ0n) is 10.6. The van der Waals surface area contributed by atoms with Gasteiger partial charge in [0.15, 0.2) is 0 Å². The summed E-state index contributed by atoms with van der Waals surface area (Å²) in [6, 6.07) is 8.46. The largest absolute Gasteiger partial charge is 0.381 e. The zero-order valence-corrected chi connectivity index (χ0v) is 10.6. The highest BCUT2D eigenvalue weighted by Gasteiger charge is 2.16. The number of ether oxygens (including phenoxy) is 1. The molecule has 0 saturated carbocycles. The maximum Gasteiger partial charge on any atom is 0.0511 e. The van der Waals surface area contributed by atoms with Gasteiger partial charge in [0.1, 0.15) is 0 Å². The van der Waals surface area contributed by atoms with Crippen molar-refractivity contribution in [2.75, 3.05) is 31.7 Å². The molecule has 1 atom stereocenters. The second kappa shape index (κ2) is 6.03. The van der Waals surface area contributed by atoms with Gasteiger partial charge in [0.05, 0.1) is 6.61 Å². The van der Waals surface area contributed by atoms with Crippen molar-refractivity contribution in [2.24, 2.45) is 11.7 Å². The summed E-state index contributed by atoms with van der Waals surface area (Å²) in [4.78, 5) is 2.30. The van der Waals surface area contributed by atoms with Crippen molar-refractivity contribution in [1.82, 2.24) is 0 Å². The number of nitrogens with two attached hydrogens (primary N) is 1. The highest BCUT2D eigenvalue weighted by atomic mass is 16.5. The molecule has 1 unspecified atom stereocenters. The molecule has 2 rings (SSSR count). The first kappa shape index (κ1) is 12.4.